The summed E-state index contributed by atoms with van der Waals surface area (Å²) in [4.78, 5) is 27.4. The predicted molar refractivity (Wildman–Crippen MR) is 134 cm³/mol. The van der Waals surface area contributed by atoms with Crippen LogP contribution in [0.2, 0.25) is 0 Å². The molecule has 35 heavy (non-hydrogen) atoms. The van der Waals surface area contributed by atoms with Gasteiger partial charge in [0.2, 0.25) is 10.0 Å². The maximum atomic E-state index is 13.2. The zero-order valence-electron chi connectivity index (χ0n) is 20.2. The molecule has 0 aromatic heterocycles. The summed E-state index contributed by atoms with van der Waals surface area (Å²) < 4.78 is 34.6. The number of carbonyl (C=O) groups excluding carboxylic acids is 2. The highest BCUT2D eigenvalue weighted by Gasteiger charge is 2.29. The lowest BCUT2D eigenvalue weighted by atomic mass is 9.87. The van der Waals surface area contributed by atoms with Gasteiger partial charge in [-0.3, -0.25) is 9.59 Å². The van der Waals surface area contributed by atoms with Crippen LogP contribution in [0.25, 0.3) is 0 Å². The highest BCUT2D eigenvalue weighted by Crippen LogP contribution is 2.29. The lowest BCUT2D eigenvalue weighted by Crippen LogP contribution is -2.41. The number of likely N-dealkylation sites (tertiary alicyclic amines) is 1. The van der Waals surface area contributed by atoms with Gasteiger partial charge >= 0.3 is 0 Å². The number of amides is 2. The molecule has 9 heteroatoms. The molecular weight excluding hydrogens is 466 g/mol. The first kappa shape index (κ1) is 25.2. The van der Waals surface area contributed by atoms with E-state index in [0.29, 0.717) is 11.3 Å². The molecule has 2 aliphatic rings. The zero-order chi connectivity index (χ0) is 25.0. The Kier molecular flexibility index (Phi) is 7.76. The molecule has 1 saturated heterocycles. The lowest BCUT2D eigenvalue weighted by Gasteiger charge is -2.29. The largest absolute Gasteiger partial charge is 0.495 e. The quantitative estimate of drug-likeness (QED) is 0.598. The molecule has 188 valence electrons. The number of nitrogens with one attached hydrogen (secondary N) is 2. The van der Waals surface area contributed by atoms with Gasteiger partial charge in [-0.1, -0.05) is 25.8 Å². The first-order chi connectivity index (χ1) is 16.8. The van der Waals surface area contributed by atoms with Crippen molar-refractivity contribution in [2.45, 2.75) is 56.4 Å². The van der Waals surface area contributed by atoms with Gasteiger partial charge in [0, 0.05) is 35.9 Å². The van der Waals surface area contributed by atoms with Gasteiger partial charge in [0.05, 0.1) is 7.11 Å². The summed E-state index contributed by atoms with van der Waals surface area (Å²) in [6.45, 7) is 3.54. The van der Waals surface area contributed by atoms with E-state index >= 15 is 0 Å². The number of ether oxygens (including phenoxy) is 1. The third-order valence-electron chi connectivity index (χ3n) is 6.89. The molecule has 2 N–H and O–H groups in total. The van der Waals surface area contributed by atoms with E-state index < -0.39 is 15.9 Å². The van der Waals surface area contributed by atoms with Crippen LogP contribution in [-0.2, 0) is 10.0 Å². The fraction of sp³-hybridized carbons (Fsp3) is 0.462. The van der Waals surface area contributed by atoms with E-state index in [1.165, 1.54) is 25.3 Å². The summed E-state index contributed by atoms with van der Waals surface area (Å²) in [7, 11) is -2.49. The first-order valence-corrected chi connectivity index (χ1v) is 13.7. The molecule has 1 aliphatic carbocycles. The van der Waals surface area contributed by atoms with Crippen LogP contribution in [0.3, 0.4) is 0 Å². The Bertz CT molecular complexity index is 1190. The zero-order valence-corrected chi connectivity index (χ0v) is 21.1. The van der Waals surface area contributed by atoms with Crippen molar-refractivity contribution in [1.29, 1.82) is 0 Å². The van der Waals surface area contributed by atoms with Crippen LogP contribution in [0.5, 0.6) is 5.75 Å². The monoisotopic (exact) mass is 499 g/mol. The van der Waals surface area contributed by atoms with Crippen LogP contribution in [0.15, 0.2) is 47.4 Å². The summed E-state index contributed by atoms with van der Waals surface area (Å²) in [5.41, 5.74) is 1.15. The van der Waals surface area contributed by atoms with E-state index in [1.807, 2.05) is 4.90 Å². The van der Waals surface area contributed by atoms with Crippen molar-refractivity contribution in [3.05, 3.63) is 53.6 Å². The highest BCUT2D eigenvalue weighted by atomic mass is 32.2. The number of hydrogen-bond acceptors (Lipinski definition) is 5. The van der Waals surface area contributed by atoms with Crippen LogP contribution in [0.1, 0.15) is 66.2 Å². The Morgan fingerprint density at radius 2 is 1.71 bits per heavy atom. The molecule has 1 saturated carbocycles. The summed E-state index contributed by atoms with van der Waals surface area (Å²) in [5, 5.41) is 2.78. The average Bonchev–Trinajstić information content (AvgIpc) is 3.40. The molecule has 2 unspecified atom stereocenters. The second-order valence-corrected chi connectivity index (χ2v) is 11.1. The van der Waals surface area contributed by atoms with Crippen LogP contribution in [-0.4, -0.2) is 51.4 Å². The predicted octanol–water partition coefficient (Wildman–Crippen LogP) is 4.04. The number of methoxy groups -OCH3 is 1. The molecule has 0 spiro atoms. The molecule has 1 aliphatic heterocycles. The maximum absolute atomic E-state index is 13.2. The molecular formula is C26H33N3O5S. The van der Waals surface area contributed by atoms with E-state index in [0.717, 1.165) is 51.6 Å². The number of carbonyl (C=O) groups is 2. The minimum Gasteiger partial charge on any atom is -0.495 e. The van der Waals surface area contributed by atoms with E-state index in [2.05, 4.69) is 17.0 Å². The van der Waals surface area contributed by atoms with Crippen molar-refractivity contribution >= 4 is 27.5 Å². The van der Waals surface area contributed by atoms with Crippen molar-refractivity contribution in [3.63, 3.8) is 0 Å². The average molecular weight is 500 g/mol. The van der Waals surface area contributed by atoms with E-state index in [-0.39, 0.29) is 34.1 Å². The number of anilines is 1. The molecule has 2 atom stereocenters. The van der Waals surface area contributed by atoms with Gasteiger partial charge in [-0.15, -0.1) is 0 Å². The third-order valence-corrected chi connectivity index (χ3v) is 8.41. The number of sulfonamides is 1. The van der Waals surface area contributed by atoms with Crippen molar-refractivity contribution in [2.75, 3.05) is 25.5 Å². The summed E-state index contributed by atoms with van der Waals surface area (Å²) in [6.07, 6.45) is 5.85. The van der Waals surface area contributed by atoms with E-state index in [1.54, 1.807) is 24.3 Å². The minimum absolute atomic E-state index is 0.0561. The smallest absolute Gasteiger partial charge is 0.255 e. The number of hydrogen-bond donors (Lipinski definition) is 2. The molecule has 0 radical (unpaired) electrons. The van der Waals surface area contributed by atoms with E-state index in [9.17, 15) is 18.0 Å². The van der Waals surface area contributed by atoms with Crippen LogP contribution < -0.4 is 14.8 Å². The summed E-state index contributed by atoms with van der Waals surface area (Å²) in [5.74, 6) is -0.109. The molecule has 2 aromatic rings. The Morgan fingerprint density at radius 3 is 2.43 bits per heavy atom. The Morgan fingerprint density at radius 1 is 0.971 bits per heavy atom. The molecule has 1 heterocycles. The van der Waals surface area contributed by atoms with Crippen molar-refractivity contribution in [1.82, 2.24) is 9.62 Å². The van der Waals surface area contributed by atoms with Crippen molar-refractivity contribution in [3.8, 4) is 5.75 Å². The molecule has 8 nitrogen and oxygen atoms in total. The fourth-order valence-corrected chi connectivity index (χ4v) is 6.39. The molecule has 2 amide bonds. The molecule has 4 rings (SSSR count). The number of nitrogens with zero attached hydrogens (tertiary/aromatic N) is 1. The first-order valence-electron chi connectivity index (χ1n) is 12.2. The Labute approximate surface area is 207 Å². The van der Waals surface area contributed by atoms with Crippen molar-refractivity contribution in [2.24, 2.45) is 5.92 Å². The van der Waals surface area contributed by atoms with Crippen molar-refractivity contribution < 1.29 is 22.7 Å². The fourth-order valence-electron chi connectivity index (χ4n) is 4.82. The Hall–Kier alpha value is -2.91. The second-order valence-electron chi connectivity index (χ2n) is 9.39. The van der Waals surface area contributed by atoms with Gasteiger partial charge < -0.3 is 15.0 Å². The lowest BCUT2D eigenvalue weighted by molar-refractivity contribution is 0.0792. The van der Waals surface area contributed by atoms with Gasteiger partial charge in [-0.25, -0.2) is 13.1 Å². The summed E-state index contributed by atoms with van der Waals surface area (Å²) in [6, 6.07) is 11.0. The normalized spacial score (nSPS) is 20.5. The molecule has 2 aromatic carbocycles. The van der Waals surface area contributed by atoms with Gasteiger partial charge in [0.15, 0.2) is 0 Å². The SMILES string of the molecule is COc1ccc(C(=O)Nc2cccc(C(=O)N3CCCC3)c2)cc1S(=O)(=O)NC1CCCCC1C. The topological polar surface area (TPSA) is 105 Å². The highest BCUT2D eigenvalue weighted by molar-refractivity contribution is 7.89. The maximum Gasteiger partial charge on any atom is 0.255 e. The van der Waals surface area contributed by atoms with Gasteiger partial charge in [0.1, 0.15) is 10.6 Å². The van der Waals surface area contributed by atoms with Gasteiger partial charge in [-0.2, -0.15) is 0 Å². The summed E-state index contributed by atoms with van der Waals surface area (Å²) >= 11 is 0. The standard InChI is InChI=1S/C26H33N3O5S/c1-18-8-3-4-11-22(18)28-35(32,33)24-17-19(12-13-23(24)34-2)25(30)27-21-10-7-9-20(16-21)26(31)29-14-5-6-15-29/h7,9-10,12-13,16-18,22,28H,3-6,8,11,14-15H2,1-2H3,(H,27,30). The third kappa shape index (κ3) is 5.85. The number of rotatable bonds is 7. The minimum atomic E-state index is -3.90. The molecule has 2 fully saturated rings. The van der Waals surface area contributed by atoms with E-state index in [4.69, 9.17) is 4.74 Å². The number of benzene rings is 2. The van der Waals surface area contributed by atoms with Crippen LogP contribution in [0, 0.1) is 5.92 Å². The second kappa shape index (κ2) is 10.8. The Balaban J connectivity index is 1.53. The van der Waals surface area contributed by atoms with Gasteiger partial charge in [0.25, 0.3) is 11.8 Å². The van der Waals surface area contributed by atoms with Crippen LogP contribution >= 0.6 is 0 Å². The van der Waals surface area contributed by atoms with Gasteiger partial charge in [-0.05, 0) is 68.0 Å². The van der Waals surface area contributed by atoms with Crippen LogP contribution in [0.4, 0.5) is 5.69 Å². The molecule has 0 bridgehead atoms.